The van der Waals surface area contributed by atoms with Crippen molar-refractivity contribution in [1.29, 1.82) is 0 Å². The average Bonchev–Trinajstić information content (AvgIpc) is 2.88. The third-order valence-corrected chi connectivity index (χ3v) is 4.49. The highest BCUT2D eigenvalue weighted by molar-refractivity contribution is 5.88. The smallest absolute Gasteiger partial charge is 0.217 e. The van der Waals surface area contributed by atoms with E-state index in [2.05, 4.69) is 71.1 Å². The molecule has 1 amide bonds. The van der Waals surface area contributed by atoms with E-state index in [0.29, 0.717) is 5.90 Å². The van der Waals surface area contributed by atoms with Gasteiger partial charge in [0.15, 0.2) is 0 Å². The molecular formula is C21H32N2O2. The molecule has 1 heterocycles. The van der Waals surface area contributed by atoms with E-state index in [1.54, 1.807) is 0 Å². The highest BCUT2D eigenvalue weighted by Crippen LogP contribution is 2.35. The van der Waals surface area contributed by atoms with Crippen molar-refractivity contribution in [2.75, 3.05) is 0 Å². The fourth-order valence-electron chi connectivity index (χ4n) is 3.23. The van der Waals surface area contributed by atoms with E-state index in [1.807, 2.05) is 6.07 Å². The molecule has 2 rings (SSSR count). The lowest BCUT2D eigenvalue weighted by atomic mass is 9.83. The molecule has 1 aromatic rings. The molecule has 1 aromatic carbocycles. The van der Waals surface area contributed by atoms with Crippen LogP contribution in [-0.2, 0) is 16.0 Å². The number of rotatable bonds is 4. The molecule has 4 nitrogen and oxygen atoms in total. The minimum atomic E-state index is -0.226. The van der Waals surface area contributed by atoms with Gasteiger partial charge in [-0.1, -0.05) is 71.9 Å². The number of benzene rings is 1. The number of hydrogen-bond donors (Lipinski definition) is 1. The lowest BCUT2D eigenvalue weighted by molar-refractivity contribution is -0.120. The van der Waals surface area contributed by atoms with Crippen LogP contribution < -0.4 is 5.32 Å². The van der Waals surface area contributed by atoms with Crippen LogP contribution in [0.1, 0.15) is 54.0 Å². The zero-order chi connectivity index (χ0) is 18.8. The van der Waals surface area contributed by atoms with Gasteiger partial charge < -0.3 is 10.1 Å². The average molecular weight is 344 g/mol. The van der Waals surface area contributed by atoms with Crippen molar-refractivity contribution in [3.8, 4) is 0 Å². The molecular weight excluding hydrogens is 312 g/mol. The summed E-state index contributed by atoms with van der Waals surface area (Å²) in [6, 6.07) is 10.2. The summed E-state index contributed by atoms with van der Waals surface area (Å²) < 4.78 is 6.34. The van der Waals surface area contributed by atoms with Crippen LogP contribution in [0.2, 0.25) is 0 Å². The van der Waals surface area contributed by atoms with Gasteiger partial charge in [0, 0.05) is 12.3 Å². The predicted molar refractivity (Wildman–Crippen MR) is 103 cm³/mol. The molecule has 1 N–H and O–H groups in total. The van der Waals surface area contributed by atoms with Crippen LogP contribution in [-0.4, -0.2) is 30.0 Å². The minimum Gasteiger partial charge on any atom is -0.473 e. The largest absolute Gasteiger partial charge is 0.473 e. The molecule has 0 bridgehead atoms. The second-order valence-electron chi connectivity index (χ2n) is 9.13. The predicted octanol–water partition coefficient (Wildman–Crippen LogP) is 3.99. The van der Waals surface area contributed by atoms with Gasteiger partial charge in [-0.25, -0.2) is 4.99 Å². The SMILES string of the molecule is CC(=O)NC(C1=N[C@@H](Cc2ccccc2)[C@H](C(C)(C)C)O1)C(C)(C)C. The molecule has 0 aromatic heterocycles. The second kappa shape index (κ2) is 7.19. The maximum Gasteiger partial charge on any atom is 0.217 e. The summed E-state index contributed by atoms with van der Waals surface area (Å²) in [7, 11) is 0. The molecule has 1 aliphatic heterocycles. The summed E-state index contributed by atoms with van der Waals surface area (Å²) >= 11 is 0. The maximum atomic E-state index is 11.7. The number of nitrogens with zero attached hydrogens (tertiary/aromatic N) is 1. The van der Waals surface area contributed by atoms with E-state index >= 15 is 0 Å². The van der Waals surface area contributed by atoms with E-state index in [1.165, 1.54) is 12.5 Å². The standard InChI is InChI=1S/C21H32N2O2/c1-14(24)22-17(20(2,3)4)19-23-16(18(25-19)21(5,6)7)13-15-11-9-8-10-12-15/h8-12,16-18H,13H2,1-7H3,(H,22,24)/t16-,17?,18+/m0/s1. The van der Waals surface area contributed by atoms with Crippen LogP contribution in [0.4, 0.5) is 0 Å². The zero-order valence-electron chi connectivity index (χ0n) is 16.6. The van der Waals surface area contributed by atoms with Crippen LogP contribution in [0.5, 0.6) is 0 Å². The second-order valence-corrected chi connectivity index (χ2v) is 9.13. The number of amides is 1. The molecule has 4 heteroatoms. The Morgan fingerprint density at radius 2 is 1.76 bits per heavy atom. The van der Waals surface area contributed by atoms with E-state index < -0.39 is 0 Å². The first-order valence-corrected chi connectivity index (χ1v) is 9.04. The van der Waals surface area contributed by atoms with Crippen LogP contribution in [0.15, 0.2) is 35.3 Å². The first-order valence-electron chi connectivity index (χ1n) is 9.04. The lowest BCUT2D eigenvalue weighted by Gasteiger charge is -2.33. The molecule has 25 heavy (non-hydrogen) atoms. The number of nitrogens with one attached hydrogen (secondary N) is 1. The molecule has 0 radical (unpaired) electrons. The molecule has 3 atom stereocenters. The van der Waals surface area contributed by atoms with Crippen LogP contribution in [0.25, 0.3) is 0 Å². The van der Waals surface area contributed by atoms with Crippen molar-refractivity contribution in [2.24, 2.45) is 15.8 Å². The van der Waals surface area contributed by atoms with Gasteiger partial charge in [-0.2, -0.15) is 0 Å². The number of hydrogen-bond acceptors (Lipinski definition) is 3. The van der Waals surface area contributed by atoms with Crippen molar-refractivity contribution in [1.82, 2.24) is 5.32 Å². The molecule has 0 saturated heterocycles. The van der Waals surface area contributed by atoms with E-state index in [4.69, 9.17) is 9.73 Å². The minimum absolute atomic E-state index is 0.0127. The third kappa shape index (κ3) is 5.07. The Morgan fingerprint density at radius 3 is 2.24 bits per heavy atom. The number of carbonyl (C=O) groups excluding carboxylic acids is 1. The normalized spacial score (nSPS) is 22.1. The summed E-state index contributed by atoms with van der Waals surface area (Å²) in [5.41, 5.74) is 1.04. The number of ether oxygens (including phenoxy) is 1. The van der Waals surface area contributed by atoms with Crippen molar-refractivity contribution in [3.05, 3.63) is 35.9 Å². The Balaban J connectivity index is 2.32. The van der Waals surface area contributed by atoms with Crippen molar-refractivity contribution in [2.45, 2.75) is 73.1 Å². The van der Waals surface area contributed by atoms with Gasteiger partial charge in [0.05, 0.1) is 6.04 Å². The van der Waals surface area contributed by atoms with Gasteiger partial charge in [-0.05, 0) is 17.4 Å². The van der Waals surface area contributed by atoms with E-state index in [0.717, 1.165) is 6.42 Å². The molecule has 1 unspecified atom stereocenters. The molecule has 138 valence electrons. The summed E-state index contributed by atoms with van der Waals surface area (Å²) in [5.74, 6) is 0.591. The molecule has 0 saturated carbocycles. The Labute approximate surface area is 152 Å². The molecule has 0 fully saturated rings. The van der Waals surface area contributed by atoms with Gasteiger partial charge >= 0.3 is 0 Å². The fraction of sp³-hybridized carbons (Fsp3) is 0.619. The zero-order valence-corrected chi connectivity index (χ0v) is 16.6. The monoisotopic (exact) mass is 344 g/mol. The molecule has 0 spiro atoms. The maximum absolute atomic E-state index is 11.7. The van der Waals surface area contributed by atoms with Crippen molar-refractivity contribution >= 4 is 11.8 Å². The first kappa shape index (κ1) is 19.5. The first-order chi connectivity index (χ1) is 11.5. The summed E-state index contributed by atoms with van der Waals surface area (Å²) in [6.07, 6.45) is 0.824. The molecule has 0 aliphatic carbocycles. The van der Waals surface area contributed by atoms with Gasteiger partial charge in [0.2, 0.25) is 11.8 Å². The quantitative estimate of drug-likeness (QED) is 0.898. The van der Waals surface area contributed by atoms with E-state index in [9.17, 15) is 4.79 Å². The highest BCUT2D eigenvalue weighted by Gasteiger charge is 2.44. The van der Waals surface area contributed by atoms with E-state index in [-0.39, 0.29) is 34.9 Å². The Kier molecular flexibility index (Phi) is 5.60. The van der Waals surface area contributed by atoms with Gasteiger partial charge in [-0.15, -0.1) is 0 Å². The Morgan fingerprint density at radius 1 is 1.16 bits per heavy atom. The van der Waals surface area contributed by atoms with Crippen molar-refractivity contribution < 1.29 is 9.53 Å². The Bertz CT molecular complexity index is 624. The van der Waals surface area contributed by atoms with Crippen LogP contribution in [0, 0.1) is 10.8 Å². The summed E-state index contributed by atoms with van der Waals surface area (Å²) in [6.45, 7) is 14.4. The summed E-state index contributed by atoms with van der Waals surface area (Å²) in [5, 5.41) is 3.02. The van der Waals surface area contributed by atoms with Crippen LogP contribution >= 0.6 is 0 Å². The topological polar surface area (TPSA) is 50.7 Å². The van der Waals surface area contributed by atoms with Crippen molar-refractivity contribution in [3.63, 3.8) is 0 Å². The summed E-state index contributed by atoms with van der Waals surface area (Å²) in [4.78, 5) is 16.6. The highest BCUT2D eigenvalue weighted by atomic mass is 16.5. The third-order valence-electron chi connectivity index (χ3n) is 4.49. The fourth-order valence-corrected chi connectivity index (χ4v) is 3.23. The van der Waals surface area contributed by atoms with Crippen LogP contribution in [0.3, 0.4) is 0 Å². The Hall–Kier alpha value is -1.84. The number of aliphatic imine (C=N–C) groups is 1. The van der Waals surface area contributed by atoms with Gasteiger partial charge in [-0.3, -0.25) is 4.79 Å². The van der Waals surface area contributed by atoms with Gasteiger partial charge in [0.1, 0.15) is 12.1 Å². The van der Waals surface area contributed by atoms with Gasteiger partial charge in [0.25, 0.3) is 0 Å². The lowest BCUT2D eigenvalue weighted by Crippen LogP contribution is -2.49. The molecule has 1 aliphatic rings. The number of carbonyl (C=O) groups is 1.